The van der Waals surface area contributed by atoms with Gasteiger partial charge < -0.3 is 10.2 Å². The molecule has 1 N–H and O–H groups in total. The van der Waals surface area contributed by atoms with Gasteiger partial charge in [-0.2, -0.15) is 0 Å². The van der Waals surface area contributed by atoms with Gasteiger partial charge in [-0.15, -0.1) is 0 Å². The first-order chi connectivity index (χ1) is 10.3. The Morgan fingerprint density at radius 2 is 1.95 bits per heavy atom. The van der Waals surface area contributed by atoms with Gasteiger partial charge in [0.15, 0.2) is 0 Å². The fourth-order valence-corrected chi connectivity index (χ4v) is 4.75. The first-order valence-corrected chi connectivity index (χ1v) is 8.93. The third-order valence-electron chi connectivity index (χ3n) is 6.07. The number of rotatable bonds is 2. The minimum Gasteiger partial charge on any atom is -0.365 e. The van der Waals surface area contributed by atoms with E-state index in [1.807, 2.05) is 0 Å². The number of fused-ring (bicyclic) bond motifs is 1. The summed E-state index contributed by atoms with van der Waals surface area (Å²) in [4.78, 5) is 2.72. The lowest BCUT2D eigenvalue weighted by atomic mass is 9.91. The average Bonchev–Trinajstić information content (AvgIpc) is 3.16. The minimum absolute atomic E-state index is 0.407. The summed E-state index contributed by atoms with van der Waals surface area (Å²) in [5.74, 6) is 0. The van der Waals surface area contributed by atoms with Crippen molar-refractivity contribution in [3.8, 4) is 0 Å². The molecule has 1 atom stereocenters. The molecule has 2 fully saturated rings. The maximum Gasteiger partial charge on any atom is 0.0412 e. The second-order valence-corrected chi connectivity index (χ2v) is 7.36. The number of benzene rings is 1. The van der Waals surface area contributed by atoms with E-state index in [1.165, 1.54) is 63.6 Å². The third kappa shape index (κ3) is 2.38. The molecule has 0 bridgehead atoms. The Balaban J connectivity index is 1.63. The quantitative estimate of drug-likeness (QED) is 0.891. The monoisotopic (exact) mass is 284 g/mol. The maximum atomic E-state index is 3.91. The van der Waals surface area contributed by atoms with E-state index in [-0.39, 0.29) is 0 Å². The van der Waals surface area contributed by atoms with Crippen molar-refractivity contribution in [2.75, 3.05) is 18.0 Å². The third-order valence-corrected chi connectivity index (χ3v) is 6.07. The molecule has 0 amide bonds. The van der Waals surface area contributed by atoms with Crippen LogP contribution < -0.4 is 10.2 Å². The Hall–Kier alpha value is -1.02. The number of hydrogen-bond acceptors (Lipinski definition) is 2. The van der Waals surface area contributed by atoms with E-state index in [9.17, 15) is 0 Å². The van der Waals surface area contributed by atoms with E-state index in [1.54, 1.807) is 11.1 Å². The van der Waals surface area contributed by atoms with Crippen molar-refractivity contribution in [2.45, 2.75) is 69.9 Å². The van der Waals surface area contributed by atoms with Crippen LogP contribution in [-0.2, 0) is 12.8 Å². The molecule has 1 aromatic rings. The summed E-state index contributed by atoms with van der Waals surface area (Å²) >= 11 is 0. The van der Waals surface area contributed by atoms with Crippen molar-refractivity contribution in [3.05, 3.63) is 29.3 Å². The Bertz CT molecular complexity index is 516. The van der Waals surface area contributed by atoms with Gasteiger partial charge in [-0.05, 0) is 61.8 Å². The normalized spacial score (nSPS) is 27.3. The second-order valence-electron chi connectivity index (χ2n) is 7.36. The molecule has 1 saturated heterocycles. The summed E-state index contributed by atoms with van der Waals surface area (Å²) in [6.45, 7) is 4.71. The molecule has 4 rings (SSSR count). The van der Waals surface area contributed by atoms with Crippen LogP contribution in [0.15, 0.2) is 18.2 Å². The van der Waals surface area contributed by atoms with E-state index in [4.69, 9.17) is 0 Å². The van der Waals surface area contributed by atoms with Crippen LogP contribution in [0.4, 0.5) is 5.69 Å². The SMILES string of the molecule is CCC1CNC2(CCCC2)CN1c1ccc2c(c1)CCC2. The van der Waals surface area contributed by atoms with Crippen LogP contribution in [0.3, 0.4) is 0 Å². The topological polar surface area (TPSA) is 15.3 Å². The fraction of sp³-hybridized carbons (Fsp3) is 0.684. The van der Waals surface area contributed by atoms with Gasteiger partial charge in [0.05, 0.1) is 0 Å². The number of nitrogens with zero attached hydrogens (tertiary/aromatic N) is 1. The molecule has 0 radical (unpaired) electrons. The molecule has 0 aromatic heterocycles. The van der Waals surface area contributed by atoms with Gasteiger partial charge in [0.1, 0.15) is 0 Å². The van der Waals surface area contributed by atoms with Gasteiger partial charge in [0.2, 0.25) is 0 Å². The molecule has 114 valence electrons. The van der Waals surface area contributed by atoms with Crippen molar-refractivity contribution in [1.82, 2.24) is 5.32 Å². The molecule has 3 aliphatic rings. The van der Waals surface area contributed by atoms with Crippen LogP contribution >= 0.6 is 0 Å². The van der Waals surface area contributed by atoms with Crippen LogP contribution in [0.5, 0.6) is 0 Å². The highest BCUT2D eigenvalue weighted by Crippen LogP contribution is 2.36. The van der Waals surface area contributed by atoms with Crippen molar-refractivity contribution in [1.29, 1.82) is 0 Å². The summed E-state index contributed by atoms with van der Waals surface area (Å²) in [5.41, 5.74) is 5.10. The lowest BCUT2D eigenvalue weighted by Crippen LogP contribution is -2.63. The largest absolute Gasteiger partial charge is 0.365 e. The predicted octanol–water partition coefficient (Wildman–Crippen LogP) is 3.68. The van der Waals surface area contributed by atoms with Crippen LogP contribution in [0.25, 0.3) is 0 Å². The molecule has 1 aliphatic heterocycles. The van der Waals surface area contributed by atoms with E-state index in [0.717, 1.165) is 6.54 Å². The molecule has 1 saturated carbocycles. The Morgan fingerprint density at radius 3 is 2.76 bits per heavy atom. The lowest BCUT2D eigenvalue weighted by Gasteiger charge is -2.47. The summed E-state index contributed by atoms with van der Waals surface area (Å²) in [6.07, 6.45) is 10.7. The van der Waals surface area contributed by atoms with E-state index in [0.29, 0.717) is 11.6 Å². The minimum atomic E-state index is 0.407. The van der Waals surface area contributed by atoms with Crippen molar-refractivity contribution in [3.63, 3.8) is 0 Å². The number of anilines is 1. The van der Waals surface area contributed by atoms with E-state index < -0.39 is 0 Å². The van der Waals surface area contributed by atoms with Crippen LogP contribution in [0.1, 0.15) is 56.6 Å². The molecule has 2 aliphatic carbocycles. The molecule has 21 heavy (non-hydrogen) atoms. The zero-order valence-electron chi connectivity index (χ0n) is 13.3. The number of nitrogens with one attached hydrogen (secondary N) is 1. The number of piperazine rings is 1. The van der Waals surface area contributed by atoms with Crippen molar-refractivity contribution in [2.24, 2.45) is 0 Å². The fourth-order valence-electron chi connectivity index (χ4n) is 4.75. The Kier molecular flexibility index (Phi) is 3.45. The Morgan fingerprint density at radius 1 is 1.14 bits per heavy atom. The summed E-state index contributed by atoms with van der Waals surface area (Å²) < 4.78 is 0. The summed E-state index contributed by atoms with van der Waals surface area (Å²) in [6, 6.07) is 7.95. The summed E-state index contributed by atoms with van der Waals surface area (Å²) in [5, 5.41) is 3.91. The zero-order chi connectivity index (χ0) is 14.3. The van der Waals surface area contributed by atoms with Gasteiger partial charge in [-0.3, -0.25) is 0 Å². The van der Waals surface area contributed by atoms with Gasteiger partial charge in [-0.25, -0.2) is 0 Å². The Labute approximate surface area is 128 Å². The van der Waals surface area contributed by atoms with Gasteiger partial charge in [0, 0.05) is 30.4 Å². The number of aryl methyl sites for hydroxylation is 2. The number of hydrogen-bond donors (Lipinski definition) is 1. The van der Waals surface area contributed by atoms with Gasteiger partial charge >= 0.3 is 0 Å². The molecule has 2 nitrogen and oxygen atoms in total. The lowest BCUT2D eigenvalue weighted by molar-refractivity contribution is 0.267. The van der Waals surface area contributed by atoms with E-state index >= 15 is 0 Å². The predicted molar refractivity (Wildman–Crippen MR) is 89.1 cm³/mol. The summed E-state index contributed by atoms with van der Waals surface area (Å²) in [7, 11) is 0. The molecule has 1 aromatic carbocycles. The first-order valence-electron chi connectivity index (χ1n) is 8.93. The maximum absolute atomic E-state index is 3.91. The zero-order valence-corrected chi connectivity index (χ0v) is 13.3. The molecule has 2 heteroatoms. The van der Waals surface area contributed by atoms with Gasteiger partial charge in [0.25, 0.3) is 0 Å². The highest BCUT2D eigenvalue weighted by atomic mass is 15.3. The highest BCUT2D eigenvalue weighted by molar-refractivity contribution is 5.54. The van der Waals surface area contributed by atoms with Gasteiger partial charge in [-0.1, -0.05) is 25.8 Å². The molecular weight excluding hydrogens is 256 g/mol. The molecular formula is C19H28N2. The molecule has 1 heterocycles. The average molecular weight is 284 g/mol. The van der Waals surface area contributed by atoms with Crippen LogP contribution in [0.2, 0.25) is 0 Å². The molecule has 1 spiro atoms. The highest BCUT2D eigenvalue weighted by Gasteiger charge is 2.40. The second kappa shape index (κ2) is 5.31. The van der Waals surface area contributed by atoms with Crippen LogP contribution in [-0.4, -0.2) is 24.7 Å². The van der Waals surface area contributed by atoms with Crippen LogP contribution in [0, 0.1) is 0 Å². The van der Waals surface area contributed by atoms with Crippen molar-refractivity contribution < 1.29 is 0 Å². The van der Waals surface area contributed by atoms with Crippen molar-refractivity contribution >= 4 is 5.69 Å². The van der Waals surface area contributed by atoms with E-state index in [2.05, 4.69) is 35.3 Å². The smallest absolute Gasteiger partial charge is 0.0412 e. The standard InChI is InChI=1S/C19H28N2/c1-2-17-13-20-19(10-3-4-11-19)14-21(17)18-9-8-15-6-5-7-16(15)12-18/h8-9,12,17,20H,2-7,10-11,13-14H2,1H3. The molecule has 1 unspecified atom stereocenters. The first kappa shape index (κ1) is 13.6.